The van der Waals surface area contributed by atoms with Crippen LogP contribution in [0, 0.1) is 0 Å². The molecule has 2 atom stereocenters. The highest BCUT2D eigenvalue weighted by Gasteiger charge is 2.25. The van der Waals surface area contributed by atoms with Gasteiger partial charge in [-0.1, -0.05) is 109 Å². The molecule has 5 N–H and O–H groups in total. The number of benzene rings is 4. The number of aliphatic imine (C=N–C) groups is 1. The van der Waals surface area contributed by atoms with Crippen LogP contribution in [0.4, 0.5) is 0 Å². The van der Waals surface area contributed by atoms with Crippen molar-refractivity contribution in [1.29, 1.82) is 0 Å². The van der Waals surface area contributed by atoms with Crippen molar-refractivity contribution in [2.75, 3.05) is 60.2 Å². The molecule has 0 spiro atoms. The van der Waals surface area contributed by atoms with Gasteiger partial charge >= 0.3 is 0 Å². The molecular formula is C39H50N5O3+. The van der Waals surface area contributed by atoms with Crippen LogP contribution >= 0.6 is 0 Å². The van der Waals surface area contributed by atoms with Crippen molar-refractivity contribution in [1.82, 2.24) is 5.32 Å². The molecule has 4 rings (SSSR count). The molecule has 0 saturated heterocycles. The third-order valence-corrected chi connectivity index (χ3v) is 7.87. The fourth-order valence-electron chi connectivity index (χ4n) is 5.69. The predicted molar refractivity (Wildman–Crippen MR) is 191 cm³/mol. The van der Waals surface area contributed by atoms with Crippen molar-refractivity contribution in [3.8, 4) is 0 Å². The van der Waals surface area contributed by atoms with Gasteiger partial charge in [-0.25, -0.2) is 4.58 Å². The van der Waals surface area contributed by atoms with Gasteiger partial charge in [0.15, 0.2) is 0 Å². The Morgan fingerprint density at radius 3 is 1.91 bits per heavy atom. The van der Waals surface area contributed by atoms with Crippen LogP contribution in [0.1, 0.15) is 47.1 Å². The Kier molecular flexibility index (Phi) is 16.0. The summed E-state index contributed by atoms with van der Waals surface area (Å²) >= 11 is 0. The summed E-state index contributed by atoms with van der Waals surface area (Å²) in [5, 5.41) is 3.71. The zero-order chi connectivity index (χ0) is 32.9. The number of ether oxygens (including phenoxy) is 3. The third kappa shape index (κ3) is 11.6. The molecule has 0 heterocycles. The number of hydrogen-bond acceptors (Lipinski definition) is 7. The molecule has 47 heavy (non-hydrogen) atoms. The second-order valence-corrected chi connectivity index (χ2v) is 11.2. The Hall–Kier alpha value is -4.02. The lowest BCUT2D eigenvalue weighted by Gasteiger charge is -2.29. The van der Waals surface area contributed by atoms with Crippen molar-refractivity contribution >= 4 is 11.4 Å². The molecule has 0 saturated carbocycles. The molecule has 0 bridgehead atoms. The van der Waals surface area contributed by atoms with Gasteiger partial charge < -0.3 is 25.7 Å². The Morgan fingerprint density at radius 1 is 0.702 bits per heavy atom. The second-order valence-electron chi connectivity index (χ2n) is 11.2. The fraction of sp³-hybridized carbons (Fsp3) is 0.333. The number of hydrogen-bond donors (Lipinski definition) is 3. The predicted octanol–water partition coefficient (Wildman–Crippen LogP) is 5.34. The normalized spacial score (nSPS) is 13.6. The maximum atomic E-state index is 6.21. The second kappa shape index (κ2) is 21.0. The number of nitrogens with two attached hydrogens (primary N) is 2. The molecule has 2 unspecified atom stereocenters. The first-order chi connectivity index (χ1) is 23.2. The van der Waals surface area contributed by atoms with Gasteiger partial charge in [0.1, 0.15) is 12.8 Å². The molecule has 0 fully saturated rings. The summed E-state index contributed by atoms with van der Waals surface area (Å²) in [7, 11) is 2.02. The molecule has 0 aliphatic rings. The van der Waals surface area contributed by atoms with Crippen molar-refractivity contribution in [2.24, 2.45) is 16.5 Å². The maximum absolute atomic E-state index is 6.21. The van der Waals surface area contributed by atoms with E-state index >= 15 is 0 Å². The number of rotatable bonds is 21. The van der Waals surface area contributed by atoms with Crippen molar-refractivity contribution in [2.45, 2.75) is 24.8 Å². The van der Waals surface area contributed by atoms with Gasteiger partial charge in [0, 0.05) is 36.2 Å². The Bertz CT molecular complexity index is 1470. The summed E-state index contributed by atoms with van der Waals surface area (Å²) in [5.74, 6) is 0.228. The SMILES string of the molecule is C/[N+](COCCN)=C(/C(=NCCOCNC(c1ccccc1)C(CCCOCN)c1ccccc1)c1ccccc1)c1ccccc1. The van der Waals surface area contributed by atoms with Gasteiger partial charge in [-0.15, -0.1) is 0 Å². The lowest BCUT2D eigenvalue weighted by Crippen LogP contribution is -2.31. The maximum Gasteiger partial charge on any atom is 0.247 e. The largest absolute Gasteiger partial charge is 0.367 e. The molecular weight excluding hydrogens is 586 g/mol. The molecule has 0 aromatic heterocycles. The zero-order valence-corrected chi connectivity index (χ0v) is 27.5. The monoisotopic (exact) mass is 636 g/mol. The quantitative estimate of drug-likeness (QED) is 0.0494. The van der Waals surface area contributed by atoms with Crippen LogP contribution in [0.25, 0.3) is 0 Å². The van der Waals surface area contributed by atoms with E-state index in [4.69, 9.17) is 30.7 Å². The summed E-state index contributed by atoms with van der Waals surface area (Å²) < 4.78 is 19.6. The Labute approximate surface area is 280 Å². The van der Waals surface area contributed by atoms with E-state index in [1.807, 2.05) is 43.4 Å². The minimum atomic E-state index is 0.0556. The van der Waals surface area contributed by atoms with Crippen molar-refractivity contribution in [3.63, 3.8) is 0 Å². The van der Waals surface area contributed by atoms with Crippen LogP contribution in [0.2, 0.25) is 0 Å². The lowest BCUT2D eigenvalue weighted by molar-refractivity contribution is -0.539. The van der Waals surface area contributed by atoms with Gasteiger partial charge in [-0.2, -0.15) is 0 Å². The molecule has 4 aromatic rings. The fourth-order valence-corrected chi connectivity index (χ4v) is 5.69. The van der Waals surface area contributed by atoms with E-state index in [0.717, 1.165) is 35.4 Å². The minimum absolute atomic E-state index is 0.0556. The molecule has 8 nitrogen and oxygen atoms in total. The number of nitrogens with zero attached hydrogens (tertiary/aromatic N) is 2. The van der Waals surface area contributed by atoms with E-state index in [1.165, 1.54) is 11.1 Å². The van der Waals surface area contributed by atoms with Gasteiger partial charge in [-0.05, 0) is 36.1 Å². The molecule has 8 heteroatoms. The highest BCUT2D eigenvalue weighted by Crippen LogP contribution is 2.34. The van der Waals surface area contributed by atoms with E-state index < -0.39 is 0 Å². The molecule has 248 valence electrons. The van der Waals surface area contributed by atoms with Gasteiger partial charge in [-0.3, -0.25) is 10.3 Å². The van der Waals surface area contributed by atoms with Gasteiger partial charge in [0.05, 0.1) is 33.2 Å². The van der Waals surface area contributed by atoms with E-state index in [2.05, 4.69) is 94.8 Å². The summed E-state index contributed by atoms with van der Waals surface area (Å²) in [6.07, 6.45) is 1.85. The van der Waals surface area contributed by atoms with E-state index in [-0.39, 0.29) is 18.7 Å². The number of nitrogens with one attached hydrogen (secondary N) is 1. The highest BCUT2D eigenvalue weighted by molar-refractivity contribution is 6.51. The smallest absolute Gasteiger partial charge is 0.247 e. The molecule has 0 aliphatic heterocycles. The molecule has 4 aromatic carbocycles. The van der Waals surface area contributed by atoms with Gasteiger partial charge in [0.25, 0.3) is 0 Å². The van der Waals surface area contributed by atoms with Gasteiger partial charge in [0.2, 0.25) is 12.4 Å². The molecule has 0 amide bonds. The molecule has 0 radical (unpaired) electrons. The average Bonchev–Trinajstić information content (AvgIpc) is 3.13. The average molecular weight is 637 g/mol. The van der Waals surface area contributed by atoms with Crippen LogP contribution in [0.15, 0.2) is 126 Å². The summed E-state index contributed by atoms with van der Waals surface area (Å²) in [5.41, 5.74) is 17.7. The van der Waals surface area contributed by atoms with Crippen molar-refractivity contribution < 1.29 is 18.8 Å². The van der Waals surface area contributed by atoms with Crippen LogP contribution < -0.4 is 16.8 Å². The van der Waals surface area contributed by atoms with E-state index in [9.17, 15) is 0 Å². The van der Waals surface area contributed by atoms with E-state index in [1.54, 1.807) is 0 Å². The van der Waals surface area contributed by atoms with Crippen LogP contribution in [0.5, 0.6) is 0 Å². The summed E-state index contributed by atoms with van der Waals surface area (Å²) in [6, 6.07) is 41.9. The summed E-state index contributed by atoms with van der Waals surface area (Å²) in [4.78, 5) is 5.12. The zero-order valence-electron chi connectivity index (χ0n) is 27.5. The van der Waals surface area contributed by atoms with Crippen LogP contribution in [-0.4, -0.2) is 76.1 Å². The third-order valence-electron chi connectivity index (χ3n) is 7.87. The lowest BCUT2D eigenvalue weighted by atomic mass is 9.84. The van der Waals surface area contributed by atoms with Crippen LogP contribution in [0.3, 0.4) is 0 Å². The van der Waals surface area contributed by atoms with E-state index in [0.29, 0.717) is 46.4 Å². The standard InChI is InChI=1S/C39H50N5O3/c1-44(31-47-27-24-40)39(35-21-12-5-13-22-35)38(34-19-10-4-11-20-34)42-25-28-46-30-43-37(33-17-8-3-9-18-33)36(23-14-26-45-29-41)32-15-6-2-7-16-32/h2-13,15-22,36-37,43H,14,23-31,40-41H2,1H3/q+1/b42-38?,44-39-. The highest BCUT2D eigenvalue weighted by atomic mass is 16.5. The Balaban J connectivity index is 1.50. The molecule has 0 aliphatic carbocycles. The Morgan fingerprint density at radius 2 is 1.30 bits per heavy atom. The summed E-state index contributed by atoms with van der Waals surface area (Å²) in [6.45, 7) is 3.57. The van der Waals surface area contributed by atoms with Crippen LogP contribution in [-0.2, 0) is 14.2 Å². The first kappa shape index (κ1) is 35.8. The first-order valence-corrected chi connectivity index (χ1v) is 16.4. The topological polar surface area (TPSA) is 107 Å². The first-order valence-electron chi connectivity index (χ1n) is 16.4. The van der Waals surface area contributed by atoms with Crippen molar-refractivity contribution in [3.05, 3.63) is 144 Å². The minimum Gasteiger partial charge on any atom is -0.367 e.